The van der Waals surface area contributed by atoms with Crippen molar-refractivity contribution in [3.8, 4) is 17.2 Å². The fourth-order valence-corrected chi connectivity index (χ4v) is 3.77. The van der Waals surface area contributed by atoms with E-state index < -0.39 is 0 Å². The molecule has 0 saturated carbocycles. The minimum atomic E-state index is -0.296. The quantitative estimate of drug-likeness (QED) is 0.615. The Morgan fingerprint density at radius 2 is 1.84 bits per heavy atom. The van der Waals surface area contributed by atoms with E-state index in [0.29, 0.717) is 22.9 Å². The van der Waals surface area contributed by atoms with Gasteiger partial charge < -0.3 is 24.4 Å². The van der Waals surface area contributed by atoms with Crippen LogP contribution in [0.25, 0.3) is 10.9 Å². The van der Waals surface area contributed by atoms with Crippen molar-refractivity contribution in [2.75, 3.05) is 44.1 Å². The number of amides is 1. The molecule has 162 valence electrons. The second-order valence-electron chi connectivity index (χ2n) is 7.45. The Labute approximate surface area is 181 Å². The highest BCUT2D eigenvalue weighted by Gasteiger charge is 2.15. The van der Waals surface area contributed by atoms with Gasteiger partial charge in [-0.3, -0.25) is 4.79 Å². The van der Waals surface area contributed by atoms with E-state index in [-0.39, 0.29) is 12.5 Å². The van der Waals surface area contributed by atoms with Crippen LogP contribution < -0.4 is 24.4 Å². The van der Waals surface area contributed by atoms with Gasteiger partial charge in [0.15, 0.2) is 6.61 Å². The van der Waals surface area contributed by atoms with Gasteiger partial charge in [-0.2, -0.15) is 0 Å². The number of nitrogens with zero attached hydrogens (tertiary/aromatic N) is 2. The van der Waals surface area contributed by atoms with E-state index in [1.807, 2.05) is 18.2 Å². The summed E-state index contributed by atoms with van der Waals surface area (Å²) in [5, 5.41) is 3.80. The van der Waals surface area contributed by atoms with Gasteiger partial charge in [0, 0.05) is 24.5 Å². The van der Waals surface area contributed by atoms with E-state index in [0.717, 1.165) is 29.8 Å². The summed E-state index contributed by atoms with van der Waals surface area (Å²) >= 11 is 0. The highest BCUT2D eigenvalue weighted by molar-refractivity contribution is 5.94. The van der Waals surface area contributed by atoms with Gasteiger partial charge >= 0.3 is 0 Å². The number of hydrogen-bond donors (Lipinski definition) is 1. The summed E-state index contributed by atoms with van der Waals surface area (Å²) < 4.78 is 16.4. The second kappa shape index (κ2) is 9.55. The molecule has 1 saturated heterocycles. The lowest BCUT2D eigenvalue weighted by molar-refractivity contribution is -0.118. The van der Waals surface area contributed by atoms with Crippen LogP contribution in [0.3, 0.4) is 0 Å². The smallest absolute Gasteiger partial charge is 0.262 e. The Morgan fingerprint density at radius 3 is 2.61 bits per heavy atom. The van der Waals surface area contributed by atoms with Crippen molar-refractivity contribution < 1.29 is 19.0 Å². The Hall–Kier alpha value is -3.48. The number of para-hydroxylation sites is 1. The van der Waals surface area contributed by atoms with E-state index >= 15 is 0 Å². The molecule has 4 rings (SSSR count). The minimum Gasteiger partial charge on any atom is -0.497 e. The second-order valence-corrected chi connectivity index (χ2v) is 7.45. The van der Waals surface area contributed by atoms with Crippen LogP contribution in [0, 0.1) is 0 Å². The van der Waals surface area contributed by atoms with E-state index in [1.165, 1.54) is 19.3 Å². The van der Waals surface area contributed by atoms with Crippen LogP contribution in [0.4, 0.5) is 11.5 Å². The molecule has 3 aromatic rings. The molecule has 0 unspecified atom stereocenters. The zero-order valence-electron chi connectivity index (χ0n) is 17.9. The summed E-state index contributed by atoms with van der Waals surface area (Å²) in [4.78, 5) is 19.7. The third-order valence-electron chi connectivity index (χ3n) is 5.39. The van der Waals surface area contributed by atoms with Crippen LogP contribution in [0.2, 0.25) is 0 Å². The predicted molar refractivity (Wildman–Crippen MR) is 121 cm³/mol. The number of aromatic nitrogens is 1. The molecule has 1 fully saturated rings. The molecular formula is C24H27N3O4. The van der Waals surface area contributed by atoms with Gasteiger partial charge in [0.1, 0.15) is 28.6 Å². The fraction of sp³-hybridized carbons (Fsp3) is 0.333. The van der Waals surface area contributed by atoms with Crippen LogP contribution in [0.5, 0.6) is 17.2 Å². The number of nitrogens with one attached hydrogen (secondary N) is 1. The molecule has 0 bridgehead atoms. The highest BCUT2D eigenvalue weighted by atomic mass is 16.5. The Kier molecular flexibility index (Phi) is 6.40. The van der Waals surface area contributed by atoms with Gasteiger partial charge in [-0.1, -0.05) is 12.1 Å². The molecule has 0 atom stereocenters. The van der Waals surface area contributed by atoms with Gasteiger partial charge in [0.2, 0.25) is 0 Å². The van der Waals surface area contributed by atoms with Crippen LogP contribution in [0.1, 0.15) is 19.3 Å². The van der Waals surface area contributed by atoms with Crippen LogP contribution in [-0.2, 0) is 4.79 Å². The highest BCUT2D eigenvalue weighted by Crippen LogP contribution is 2.30. The number of rotatable bonds is 7. The topological polar surface area (TPSA) is 72.9 Å². The van der Waals surface area contributed by atoms with Crippen LogP contribution >= 0.6 is 0 Å². The van der Waals surface area contributed by atoms with Crippen LogP contribution in [0.15, 0.2) is 48.5 Å². The number of benzene rings is 2. The lowest BCUT2D eigenvalue weighted by Crippen LogP contribution is -2.30. The molecule has 31 heavy (non-hydrogen) atoms. The molecule has 1 aromatic heterocycles. The first-order valence-corrected chi connectivity index (χ1v) is 10.5. The first kappa shape index (κ1) is 20.8. The molecule has 1 aliphatic rings. The monoisotopic (exact) mass is 421 g/mol. The Morgan fingerprint density at radius 1 is 1.00 bits per heavy atom. The molecule has 2 heterocycles. The number of hydrogen-bond acceptors (Lipinski definition) is 6. The van der Waals surface area contributed by atoms with Crippen LogP contribution in [-0.4, -0.2) is 44.8 Å². The van der Waals surface area contributed by atoms with Crippen molar-refractivity contribution >= 4 is 28.3 Å². The van der Waals surface area contributed by atoms with Crippen molar-refractivity contribution in [1.29, 1.82) is 0 Å². The molecule has 0 aliphatic carbocycles. The van der Waals surface area contributed by atoms with E-state index in [4.69, 9.17) is 19.2 Å². The lowest BCUT2D eigenvalue weighted by Gasteiger charge is -2.28. The zero-order chi connectivity index (χ0) is 21.6. The largest absolute Gasteiger partial charge is 0.497 e. The average Bonchev–Trinajstić information content (AvgIpc) is 2.82. The maximum absolute atomic E-state index is 12.5. The molecule has 1 aliphatic heterocycles. The van der Waals surface area contributed by atoms with E-state index in [2.05, 4.69) is 22.3 Å². The molecule has 7 nitrogen and oxygen atoms in total. The Bertz CT molecular complexity index is 1060. The zero-order valence-corrected chi connectivity index (χ0v) is 17.9. The molecule has 1 amide bonds. The maximum atomic E-state index is 12.5. The number of pyridine rings is 1. The molecule has 0 spiro atoms. The number of carbonyl (C=O) groups is 1. The third kappa shape index (κ3) is 4.82. The summed E-state index contributed by atoms with van der Waals surface area (Å²) in [6.07, 6.45) is 3.64. The van der Waals surface area contributed by atoms with Crippen molar-refractivity contribution in [3.63, 3.8) is 0 Å². The van der Waals surface area contributed by atoms with Gasteiger partial charge in [0.05, 0.1) is 19.9 Å². The summed E-state index contributed by atoms with van der Waals surface area (Å²) in [7, 11) is 3.12. The first-order valence-electron chi connectivity index (χ1n) is 10.5. The molecule has 1 N–H and O–H groups in total. The maximum Gasteiger partial charge on any atom is 0.262 e. The van der Waals surface area contributed by atoms with Gasteiger partial charge in [-0.25, -0.2) is 4.98 Å². The minimum absolute atomic E-state index is 0.144. The summed E-state index contributed by atoms with van der Waals surface area (Å²) in [6.45, 7) is 1.90. The number of methoxy groups -OCH3 is 2. The number of piperidine rings is 1. The standard InChI is InChI=1S/C24H27N3O4/c1-29-18-10-11-20(30-2)19(15-18)25-23(28)16-31-21-8-6-7-17-9-12-22(26-24(17)21)27-13-4-3-5-14-27/h6-12,15H,3-5,13-14,16H2,1-2H3,(H,25,28). The lowest BCUT2D eigenvalue weighted by atomic mass is 10.1. The first-order chi connectivity index (χ1) is 15.2. The Balaban J connectivity index is 1.49. The van der Waals surface area contributed by atoms with Crippen molar-refractivity contribution in [2.24, 2.45) is 0 Å². The number of fused-ring (bicyclic) bond motifs is 1. The van der Waals surface area contributed by atoms with Gasteiger partial charge in [-0.05, 0) is 49.6 Å². The normalized spacial score (nSPS) is 13.7. The van der Waals surface area contributed by atoms with E-state index in [1.54, 1.807) is 32.4 Å². The fourth-order valence-electron chi connectivity index (χ4n) is 3.77. The molecular weight excluding hydrogens is 394 g/mol. The number of ether oxygens (including phenoxy) is 3. The molecule has 2 aromatic carbocycles. The number of carbonyl (C=O) groups excluding carboxylic acids is 1. The summed E-state index contributed by atoms with van der Waals surface area (Å²) in [5.74, 6) is 2.42. The third-order valence-corrected chi connectivity index (χ3v) is 5.39. The van der Waals surface area contributed by atoms with Crippen molar-refractivity contribution in [1.82, 2.24) is 4.98 Å². The molecule has 0 radical (unpaired) electrons. The summed E-state index contributed by atoms with van der Waals surface area (Å²) in [6, 6.07) is 15.1. The molecule has 7 heteroatoms. The summed E-state index contributed by atoms with van der Waals surface area (Å²) in [5.41, 5.74) is 1.29. The average molecular weight is 421 g/mol. The van der Waals surface area contributed by atoms with Gasteiger partial charge in [0.25, 0.3) is 5.91 Å². The predicted octanol–water partition coefficient (Wildman–Crippen LogP) is 4.26. The van der Waals surface area contributed by atoms with Crippen molar-refractivity contribution in [3.05, 3.63) is 48.5 Å². The number of anilines is 2. The van der Waals surface area contributed by atoms with E-state index in [9.17, 15) is 4.79 Å². The van der Waals surface area contributed by atoms with Crippen molar-refractivity contribution in [2.45, 2.75) is 19.3 Å². The SMILES string of the molecule is COc1ccc(OC)c(NC(=O)COc2cccc3ccc(N4CCCCC4)nc23)c1. The van der Waals surface area contributed by atoms with Gasteiger partial charge in [-0.15, -0.1) is 0 Å².